The Bertz CT molecular complexity index is 1220. The molecule has 1 aromatic carbocycles. The van der Waals surface area contributed by atoms with E-state index >= 15 is 0 Å². The summed E-state index contributed by atoms with van der Waals surface area (Å²) in [5.74, 6) is 0.539. The summed E-state index contributed by atoms with van der Waals surface area (Å²) in [5, 5.41) is 7.11. The summed E-state index contributed by atoms with van der Waals surface area (Å²) in [6, 6.07) is 16.5. The van der Waals surface area contributed by atoms with E-state index in [2.05, 4.69) is 49.5 Å². The highest BCUT2D eigenvalue weighted by Crippen LogP contribution is 2.44. The number of carbonyl (C=O) groups excluding carboxylic acids is 1. The molecule has 2 atom stereocenters. The minimum atomic E-state index is -0.110. The molecule has 1 aliphatic carbocycles. The zero-order valence-electron chi connectivity index (χ0n) is 20.8. The number of methoxy groups -OCH3 is 1. The van der Waals surface area contributed by atoms with Gasteiger partial charge in [-0.25, -0.2) is 0 Å². The molecule has 2 N–H and O–H groups in total. The van der Waals surface area contributed by atoms with Crippen molar-refractivity contribution in [3.63, 3.8) is 0 Å². The van der Waals surface area contributed by atoms with Crippen LogP contribution >= 0.6 is 12.2 Å². The van der Waals surface area contributed by atoms with Gasteiger partial charge in [-0.3, -0.25) is 9.78 Å². The summed E-state index contributed by atoms with van der Waals surface area (Å²) in [6.45, 7) is 1.83. The fourth-order valence-electron chi connectivity index (χ4n) is 5.45. The van der Waals surface area contributed by atoms with Crippen molar-refractivity contribution in [2.75, 3.05) is 17.3 Å². The number of hydrogen-bond acceptors (Lipinski definition) is 4. The van der Waals surface area contributed by atoms with Gasteiger partial charge >= 0.3 is 0 Å². The van der Waals surface area contributed by atoms with E-state index in [0.717, 1.165) is 11.4 Å². The molecule has 0 radical (unpaired) electrons. The number of pyridine rings is 1. The zero-order chi connectivity index (χ0) is 25.1. The quantitative estimate of drug-likeness (QED) is 0.390. The molecule has 1 amide bonds. The summed E-state index contributed by atoms with van der Waals surface area (Å²) < 4.78 is 8.11. The van der Waals surface area contributed by atoms with Gasteiger partial charge in [0.05, 0.1) is 24.5 Å². The van der Waals surface area contributed by atoms with Gasteiger partial charge in [0.25, 0.3) is 0 Å². The maximum Gasteiger partial charge on any atom is 0.224 e. The van der Waals surface area contributed by atoms with Crippen LogP contribution in [-0.4, -0.2) is 27.7 Å². The third kappa shape index (κ3) is 4.69. The standard InChI is InChI=1S/C28H33N5O2S/c1-3-25(34)30-21-15-14-20(18-24(21)35-2)33-27(26(31-28(33)36)22-12-7-8-16-29-22)23-13-9-17-32(23)19-10-5-4-6-11-19/h7-9,12-19,26-27H,3-6,10-11H2,1-2H3,(H,30,34)(H,31,36). The van der Waals surface area contributed by atoms with Crippen LogP contribution in [0.4, 0.5) is 11.4 Å². The Kier molecular flexibility index (Phi) is 7.23. The highest BCUT2D eigenvalue weighted by Gasteiger charge is 2.42. The Morgan fingerprint density at radius 3 is 2.72 bits per heavy atom. The fraction of sp³-hybridized carbons (Fsp3) is 0.393. The maximum absolute atomic E-state index is 12.0. The predicted octanol–water partition coefficient (Wildman–Crippen LogP) is 5.92. The molecular formula is C28H33N5O2S. The number of nitrogens with zero attached hydrogens (tertiary/aromatic N) is 3. The number of carbonyl (C=O) groups is 1. The third-order valence-corrected chi connectivity index (χ3v) is 7.55. The van der Waals surface area contributed by atoms with Crippen molar-refractivity contribution in [2.24, 2.45) is 0 Å². The van der Waals surface area contributed by atoms with E-state index in [1.54, 1.807) is 7.11 Å². The van der Waals surface area contributed by atoms with Gasteiger partial charge < -0.3 is 24.8 Å². The Balaban J connectivity index is 1.58. The average molecular weight is 504 g/mol. The molecule has 1 aliphatic heterocycles. The van der Waals surface area contributed by atoms with Crippen LogP contribution in [0.15, 0.2) is 60.9 Å². The van der Waals surface area contributed by atoms with E-state index in [1.165, 1.54) is 37.8 Å². The summed E-state index contributed by atoms with van der Waals surface area (Å²) in [7, 11) is 1.61. The van der Waals surface area contributed by atoms with Gasteiger partial charge in [-0.2, -0.15) is 0 Å². The van der Waals surface area contributed by atoms with Crippen LogP contribution in [0.25, 0.3) is 0 Å². The van der Waals surface area contributed by atoms with Gasteiger partial charge in [-0.05, 0) is 61.5 Å². The van der Waals surface area contributed by atoms with Crippen LogP contribution in [0.1, 0.15) is 75.0 Å². The second-order valence-corrected chi connectivity index (χ2v) is 9.80. The molecule has 5 rings (SSSR count). The van der Waals surface area contributed by atoms with Gasteiger partial charge in [-0.15, -0.1) is 0 Å². The SMILES string of the molecule is CCC(=O)Nc1ccc(N2C(=S)NC(c3ccccn3)C2c2cccn2C2CCCCC2)cc1OC. The van der Waals surface area contributed by atoms with Crippen LogP contribution in [0.2, 0.25) is 0 Å². The van der Waals surface area contributed by atoms with Crippen LogP contribution in [-0.2, 0) is 4.79 Å². The van der Waals surface area contributed by atoms with Gasteiger partial charge in [0.15, 0.2) is 5.11 Å². The van der Waals surface area contributed by atoms with Crippen LogP contribution < -0.4 is 20.3 Å². The molecule has 1 saturated carbocycles. The first-order valence-electron chi connectivity index (χ1n) is 12.8. The van der Waals surface area contributed by atoms with Crippen molar-refractivity contribution in [1.29, 1.82) is 0 Å². The smallest absolute Gasteiger partial charge is 0.224 e. The monoisotopic (exact) mass is 503 g/mol. The predicted molar refractivity (Wildman–Crippen MR) is 146 cm³/mol. The number of nitrogens with one attached hydrogen (secondary N) is 2. The molecule has 36 heavy (non-hydrogen) atoms. The summed E-state index contributed by atoms with van der Waals surface area (Å²) in [4.78, 5) is 18.9. The number of aromatic nitrogens is 2. The van der Waals surface area contributed by atoms with Gasteiger partial charge in [0.1, 0.15) is 11.8 Å². The number of rotatable bonds is 7. The molecule has 1 saturated heterocycles. The molecule has 0 bridgehead atoms. The number of amides is 1. The average Bonchev–Trinajstić information content (AvgIpc) is 3.54. The summed E-state index contributed by atoms with van der Waals surface area (Å²) >= 11 is 5.92. The van der Waals surface area contributed by atoms with Crippen molar-refractivity contribution in [1.82, 2.24) is 14.9 Å². The number of anilines is 2. The Hall–Kier alpha value is -3.39. The second kappa shape index (κ2) is 10.7. The van der Waals surface area contributed by atoms with Gasteiger partial charge in [0, 0.05) is 42.3 Å². The molecule has 7 nitrogen and oxygen atoms in total. The minimum Gasteiger partial charge on any atom is -0.494 e. The number of hydrogen-bond donors (Lipinski definition) is 2. The maximum atomic E-state index is 12.0. The number of ether oxygens (including phenoxy) is 1. The van der Waals surface area contributed by atoms with Gasteiger partial charge in [-0.1, -0.05) is 32.3 Å². The molecule has 188 valence electrons. The first-order valence-corrected chi connectivity index (χ1v) is 13.2. The summed E-state index contributed by atoms with van der Waals surface area (Å²) in [5.41, 5.74) is 3.71. The molecule has 0 spiro atoms. The first-order chi connectivity index (χ1) is 17.6. The second-order valence-electron chi connectivity index (χ2n) is 9.42. The van der Waals surface area contributed by atoms with E-state index < -0.39 is 0 Å². The van der Waals surface area contributed by atoms with Crippen molar-refractivity contribution in [3.8, 4) is 5.75 Å². The molecule has 2 unspecified atom stereocenters. The van der Waals surface area contributed by atoms with Crippen LogP contribution in [0.3, 0.4) is 0 Å². The molecule has 3 aromatic rings. The molecule has 2 aliphatic rings. The number of benzene rings is 1. The lowest BCUT2D eigenvalue weighted by atomic mass is 9.94. The minimum absolute atomic E-state index is 0.0576. The molecule has 2 aromatic heterocycles. The van der Waals surface area contributed by atoms with Gasteiger partial charge in [0.2, 0.25) is 5.91 Å². The van der Waals surface area contributed by atoms with Crippen molar-refractivity contribution < 1.29 is 9.53 Å². The number of thiocarbonyl (C=S) groups is 1. The highest BCUT2D eigenvalue weighted by molar-refractivity contribution is 7.80. The normalized spacial score (nSPS) is 20.3. The van der Waals surface area contributed by atoms with E-state index in [-0.39, 0.29) is 18.0 Å². The van der Waals surface area contributed by atoms with Crippen molar-refractivity contribution in [3.05, 3.63) is 72.3 Å². The highest BCUT2D eigenvalue weighted by atomic mass is 32.1. The van der Waals surface area contributed by atoms with Crippen LogP contribution in [0, 0.1) is 0 Å². The lowest BCUT2D eigenvalue weighted by Gasteiger charge is -2.32. The summed E-state index contributed by atoms with van der Waals surface area (Å²) in [6.07, 6.45) is 10.7. The topological polar surface area (TPSA) is 71.4 Å². The lowest BCUT2D eigenvalue weighted by molar-refractivity contribution is -0.115. The van der Waals surface area contributed by atoms with E-state index in [1.807, 2.05) is 43.5 Å². The largest absolute Gasteiger partial charge is 0.494 e. The molecule has 8 heteroatoms. The fourth-order valence-corrected chi connectivity index (χ4v) is 5.80. The first kappa shape index (κ1) is 24.3. The molecule has 3 heterocycles. The van der Waals surface area contributed by atoms with Crippen molar-refractivity contribution >= 4 is 34.6 Å². The zero-order valence-corrected chi connectivity index (χ0v) is 21.6. The Labute approximate surface area is 217 Å². The Morgan fingerprint density at radius 1 is 1.17 bits per heavy atom. The third-order valence-electron chi connectivity index (χ3n) is 7.24. The lowest BCUT2D eigenvalue weighted by Crippen LogP contribution is -2.31. The van der Waals surface area contributed by atoms with E-state index in [9.17, 15) is 4.79 Å². The Morgan fingerprint density at radius 2 is 2.00 bits per heavy atom. The molecule has 2 fully saturated rings. The van der Waals surface area contributed by atoms with Crippen LogP contribution in [0.5, 0.6) is 5.75 Å². The van der Waals surface area contributed by atoms with E-state index in [0.29, 0.717) is 29.0 Å². The van der Waals surface area contributed by atoms with Crippen molar-refractivity contribution in [2.45, 2.75) is 63.6 Å². The molecular weight excluding hydrogens is 470 g/mol. The van der Waals surface area contributed by atoms with E-state index in [4.69, 9.17) is 17.0 Å².